The molecule has 102 valence electrons. The van der Waals surface area contributed by atoms with Crippen LogP contribution >= 0.6 is 0 Å². The molecule has 2 nitrogen and oxygen atoms in total. The van der Waals surface area contributed by atoms with Crippen LogP contribution in [0.25, 0.3) is 0 Å². The minimum atomic E-state index is 0.114. The van der Waals surface area contributed by atoms with E-state index in [1.807, 2.05) is 0 Å². The van der Waals surface area contributed by atoms with Gasteiger partial charge in [0.2, 0.25) is 0 Å². The molecule has 0 aliphatic rings. The van der Waals surface area contributed by atoms with Gasteiger partial charge in [-0.2, -0.15) is 0 Å². The van der Waals surface area contributed by atoms with Gasteiger partial charge in [0.25, 0.3) is 0 Å². The molecule has 0 bridgehead atoms. The van der Waals surface area contributed by atoms with Gasteiger partial charge in [-0.3, -0.25) is 4.90 Å². The first-order valence-electron chi connectivity index (χ1n) is 7.16. The van der Waals surface area contributed by atoms with Crippen LogP contribution in [0.3, 0.4) is 0 Å². The average molecular weight is 248 g/mol. The summed E-state index contributed by atoms with van der Waals surface area (Å²) >= 11 is 0. The molecule has 0 saturated heterocycles. The van der Waals surface area contributed by atoms with E-state index in [9.17, 15) is 0 Å². The zero-order valence-electron chi connectivity index (χ0n) is 12.3. The smallest absolute Gasteiger partial charge is 0.0424 e. The molecule has 0 heterocycles. The number of nitrogens with zero attached hydrogens (tertiary/aromatic N) is 1. The van der Waals surface area contributed by atoms with E-state index in [2.05, 4.69) is 56.9 Å². The highest BCUT2D eigenvalue weighted by atomic mass is 15.1. The van der Waals surface area contributed by atoms with Crippen LogP contribution in [0.5, 0.6) is 0 Å². The number of benzene rings is 1. The fraction of sp³-hybridized carbons (Fsp3) is 0.625. The third-order valence-electron chi connectivity index (χ3n) is 3.51. The van der Waals surface area contributed by atoms with Crippen molar-refractivity contribution in [1.29, 1.82) is 0 Å². The Labute approximate surface area is 112 Å². The third kappa shape index (κ3) is 4.43. The molecule has 0 amide bonds. The Hall–Kier alpha value is -0.860. The molecule has 0 aromatic heterocycles. The van der Waals surface area contributed by atoms with E-state index in [0.29, 0.717) is 6.04 Å². The highest BCUT2D eigenvalue weighted by molar-refractivity contribution is 5.25. The molecule has 1 rings (SSSR count). The first kappa shape index (κ1) is 15.2. The van der Waals surface area contributed by atoms with Crippen LogP contribution in [0, 0.1) is 0 Å². The molecule has 18 heavy (non-hydrogen) atoms. The van der Waals surface area contributed by atoms with Gasteiger partial charge in [-0.05, 0) is 37.9 Å². The van der Waals surface area contributed by atoms with Crippen molar-refractivity contribution in [1.82, 2.24) is 4.90 Å². The fourth-order valence-electron chi connectivity index (χ4n) is 2.28. The van der Waals surface area contributed by atoms with E-state index in [0.717, 1.165) is 19.5 Å². The van der Waals surface area contributed by atoms with Crippen LogP contribution in [0.4, 0.5) is 0 Å². The van der Waals surface area contributed by atoms with Crippen molar-refractivity contribution in [3.63, 3.8) is 0 Å². The number of rotatable bonds is 7. The lowest BCUT2D eigenvalue weighted by Gasteiger charge is -2.28. The first-order valence-corrected chi connectivity index (χ1v) is 7.16. The van der Waals surface area contributed by atoms with Crippen molar-refractivity contribution in [3.8, 4) is 0 Å². The van der Waals surface area contributed by atoms with Crippen molar-refractivity contribution in [3.05, 3.63) is 35.4 Å². The maximum absolute atomic E-state index is 6.29. The topological polar surface area (TPSA) is 29.3 Å². The van der Waals surface area contributed by atoms with Gasteiger partial charge >= 0.3 is 0 Å². The Morgan fingerprint density at radius 2 is 1.72 bits per heavy atom. The molecule has 0 aliphatic heterocycles. The van der Waals surface area contributed by atoms with Crippen LogP contribution in [0.2, 0.25) is 0 Å². The second-order valence-corrected chi connectivity index (χ2v) is 5.28. The van der Waals surface area contributed by atoms with E-state index in [1.165, 1.54) is 17.5 Å². The maximum Gasteiger partial charge on any atom is 0.0424 e. The lowest BCUT2D eigenvalue weighted by molar-refractivity contribution is 0.220. The van der Waals surface area contributed by atoms with Crippen molar-refractivity contribution in [2.45, 2.75) is 52.6 Å². The highest BCUT2D eigenvalue weighted by Gasteiger charge is 2.13. The van der Waals surface area contributed by atoms with Gasteiger partial charge < -0.3 is 5.73 Å². The predicted molar refractivity (Wildman–Crippen MR) is 79.7 cm³/mol. The zero-order valence-corrected chi connectivity index (χ0v) is 12.3. The Kier molecular flexibility index (Phi) is 6.37. The molecule has 1 aromatic rings. The van der Waals surface area contributed by atoms with Gasteiger partial charge in [-0.25, -0.2) is 0 Å². The predicted octanol–water partition coefficient (Wildman–Crippen LogP) is 3.37. The molecule has 0 saturated carbocycles. The molecule has 1 atom stereocenters. The SMILES string of the molecule is CCCc1ccc(C(N)CN(CC)C(C)C)cc1. The van der Waals surface area contributed by atoms with E-state index < -0.39 is 0 Å². The largest absolute Gasteiger partial charge is 0.323 e. The van der Waals surface area contributed by atoms with E-state index in [4.69, 9.17) is 5.73 Å². The molecular formula is C16H28N2. The standard InChI is InChI=1S/C16H28N2/c1-5-7-14-8-10-15(11-9-14)16(17)12-18(6-2)13(3)4/h8-11,13,16H,5-7,12,17H2,1-4H3. The zero-order chi connectivity index (χ0) is 13.5. The Morgan fingerprint density at radius 3 is 2.17 bits per heavy atom. The normalized spacial score (nSPS) is 13.3. The minimum Gasteiger partial charge on any atom is -0.323 e. The summed E-state index contributed by atoms with van der Waals surface area (Å²) in [6.45, 7) is 10.8. The van der Waals surface area contributed by atoms with Gasteiger partial charge in [-0.15, -0.1) is 0 Å². The minimum absolute atomic E-state index is 0.114. The summed E-state index contributed by atoms with van der Waals surface area (Å²) in [6, 6.07) is 9.46. The van der Waals surface area contributed by atoms with Gasteiger partial charge in [0, 0.05) is 18.6 Å². The molecule has 0 radical (unpaired) electrons. The maximum atomic E-state index is 6.29. The monoisotopic (exact) mass is 248 g/mol. The van der Waals surface area contributed by atoms with Gasteiger partial charge in [0.15, 0.2) is 0 Å². The number of nitrogens with two attached hydrogens (primary N) is 1. The Balaban J connectivity index is 2.63. The molecule has 1 aromatic carbocycles. The van der Waals surface area contributed by atoms with Crippen molar-refractivity contribution in [2.75, 3.05) is 13.1 Å². The summed E-state index contributed by atoms with van der Waals surface area (Å²) in [7, 11) is 0. The highest BCUT2D eigenvalue weighted by Crippen LogP contribution is 2.15. The molecule has 2 N–H and O–H groups in total. The molecule has 1 unspecified atom stereocenters. The van der Waals surface area contributed by atoms with Gasteiger partial charge in [0.1, 0.15) is 0 Å². The van der Waals surface area contributed by atoms with E-state index >= 15 is 0 Å². The summed E-state index contributed by atoms with van der Waals surface area (Å²) in [5.41, 5.74) is 8.94. The van der Waals surface area contributed by atoms with Gasteiger partial charge in [0.05, 0.1) is 0 Å². The van der Waals surface area contributed by atoms with E-state index in [1.54, 1.807) is 0 Å². The van der Waals surface area contributed by atoms with Crippen LogP contribution < -0.4 is 5.73 Å². The van der Waals surface area contributed by atoms with Crippen molar-refractivity contribution in [2.24, 2.45) is 5.73 Å². The van der Waals surface area contributed by atoms with Crippen molar-refractivity contribution < 1.29 is 0 Å². The third-order valence-corrected chi connectivity index (χ3v) is 3.51. The first-order chi connectivity index (χ1) is 8.58. The number of hydrogen-bond acceptors (Lipinski definition) is 2. The Morgan fingerprint density at radius 1 is 1.11 bits per heavy atom. The van der Waals surface area contributed by atoms with Crippen LogP contribution in [0.1, 0.15) is 51.3 Å². The molecule has 0 aliphatic carbocycles. The Bertz CT molecular complexity index is 329. The van der Waals surface area contributed by atoms with Crippen LogP contribution in [-0.4, -0.2) is 24.0 Å². The molecular weight excluding hydrogens is 220 g/mol. The summed E-state index contributed by atoms with van der Waals surface area (Å²) in [4.78, 5) is 2.41. The fourth-order valence-corrected chi connectivity index (χ4v) is 2.28. The van der Waals surface area contributed by atoms with Crippen LogP contribution in [0.15, 0.2) is 24.3 Å². The number of likely N-dealkylation sites (N-methyl/N-ethyl adjacent to an activating group) is 1. The molecule has 0 spiro atoms. The number of hydrogen-bond donors (Lipinski definition) is 1. The average Bonchev–Trinajstić information content (AvgIpc) is 2.36. The lowest BCUT2D eigenvalue weighted by atomic mass is 10.0. The summed E-state index contributed by atoms with van der Waals surface area (Å²) < 4.78 is 0. The quantitative estimate of drug-likeness (QED) is 0.801. The number of aryl methyl sites for hydroxylation is 1. The lowest BCUT2D eigenvalue weighted by Crippen LogP contribution is -2.36. The molecule has 2 heteroatoms. The van der Waals surface area contributed by atoms with Crippen molar-refractivity contribution >= 4 is 0 Å². The summed E-state index contributed by atoms with van der Waals surface area (Å²) in [6.07, 6.45) is 2.35. The van der Waals surface area contributed by atoms with Crippen LogP contribution in [-0.2, 0) is 6.42 Å². The second-order valence-electron chi connectivity index (χ2n) is 5.28. The van der Waals surface area contributed by atoms with E-state index in [-0.39, 0.29) is 6.04 Å². The summed E-state index contributed by atoms with van der Waals surface area (Å²) in [5, 5.41) is 0. The summed E-state index contributed by atoms with van der Waals surface area (Å²) in [5.74, 6) is 0. The molecule has 0 fully saturated rings. The second kappa shape index (κ2) is 7.55. The van der Waals surface area contributed by atoms with Gasteiger partial charge in [-0.1, -0.05) is 44.5 Å².